The first-order valence-corrected chi connectivity index (χ1v) is 8.95. The van der Waals surface area contributed by atoms with E-state index in [-0.39, 0.29) is 23.9 Å². The second-order valence-corrected chi connectivity index (χ2v) is 6.73. The fourth-order valence-electron chi connectivity index (χ4n) is 2.47. The van der Waals surface area contributed by atoms with Gasteiger partial charge >= 0.3 is 0 Å². The van der Waals surface area contributed by atoms with E-state index in [2.05, 4.69) is 69.2 Å². The van der Waals surface area contributed by atoms with E-state index >= 15 is 0 Å². The van der Waals surface area contributed by atoms with Gasteiger partial charge in [0.1, 0.15) is 0 Å². The molecule has 0 spiro atoms. The number of rotatable bonds is 9. The Morgan fingerprint density at radius 1 is 1.35 bits per heavy atom. The zero-order valence-corrected chi connectivity index (χ0v) is 15.6. The molecule has 0 radical (unpaired) electrons. The number of nitrogens with two attached hydrogens (primary N) is 1. The van der Waals surface area contributed by atoms with Crippen LogP contribution in [0, 0.1) is 19.8 Å². The molecule has 1 rings (SSSR count). The Hall–Kier alpha value is -1.04. The Kier molecular flexibility index (Phi) is 8.66. The average Bonchev–Trinajstić information content (AvgIpc) is 2.53. The lowest BCUT2D eigenvalue weighted by molar-refractivity contribution is -0.124. The van der Waals surface area contributed by atoms with Gasteiger partial charge in [0.15, 0.2) is 0 Å². The van der Waals surface area contributed by atoms with Crippen molar-refractivity contribution in [1.82, 2.24) is 10.6 Å². The molecule has 0 bridgehead atoms. The van der Waals surface area contributed by atoms with Gasteiger partial charge < -0.3 is 16.4 Å². The first kappa shape index (κ1) is 20.0. The molecule has 0 aromatic heterocycles. The van der Waals surface area contributed by atoms with Crippen LogP contribution in [0.1, 0.15) is 37.0 Å². The first-order chi connectivity index (χ1) is 10.9. The van der Waals surface area contributed by atoms with Gasteiger partial charge in [0.2, 0.25) is 5.91 Å². The summed E-state index contributed by atoms with van der Waals surface area (Å²) in [7, 11) is 0. The Morgan fingerprint density at radius 2 is 2.04 bits per heavy atom. The Labute approximate surface area is 146 Å². The lowest BCUT2D eigenvalue weighted by Crippen LogP contribution is -2.51. The van der Waals surface area contributed by atoms with Crippen LogP contribution in [0.15, 0.2) is 18.2 Å². The third-order valence-corrected chi connectivity index (χ3v) is 4.75. The van der Waals surface area contributed by atoms with Crippen molar-refractivity contribution in [2.45, 2.75) is 52.7 Å². The van der Waals surface area contributed by atoms with Crippen LogP contribution >= 0.6 is 12.6 Å². The average molecular weight is 338 g/mol. The van der Waals surface area contributed by atoms with E-state index in [0.717, 1.165) is 12.0 Å². The molecule has 0 aliphatic carbocycles. The van der Waals surface area contributed by atoms with Crippen molar-refractivity contribution in [2.75, 3.05) is 12.3 Å². The molecule has 1 aromatic carbocycles. The minimum absolute atomic E-state index is 0.0330. The van der Waals surface area contributed by atoms with Crippen molar-refractivity contribution in [3.8, 4) is 0 Å². The van der Waals surface area contributed by atoms with E-state index < -0.39 is 0 Å². The van der Waals surface area contributed by atoms with Crippen LogP contribution in [-0.2, 0) is 11.3 Å². The van der Waals surface area contributed by atoms with Crippen molar-refractivity contribution in [2.24, 2.45) is 11.7 Å². The number of thiol groups is 1. The molecule has 0 saturated carbocycles. The van der Waals surface area contributed by atoms with Gasteiger partial charge in [-0.15, -0.1) is 0 Å². The molecule has 0 aliphatic heterocycles. The molecule has 1 aromatic rings. The number of amides is 1. The summed E-state index contributed by atoms with van der Waals surface area (Å²) in [5.41, 5.74) is 9.48. The minimum Gasteiger partial charge on any atom is -0.351 e. The summed E-state index contributed by atoms with van der Waals surface area (Å²) in [5.74, 6) is 0.886. The van der Waals surface area contributed by atoms with E-state index in [9.17, 15) is 4.79 Å². The highest BCUT2D eigenvalue weighted by atomic mass is 32.1. The van der Waals surface area contributed by atoms with Crippen molar-refractivity contribution in [3.63, 3.8) is 0 Å². The van der Waals surface area contributed by atoms with Gasteiger partial charge in [0.05, 0.1) is 6.04 Å². The van der Waals surface area contributed by atoms with Gasteiger partial charge in [0.25, 0.3) is 0 Å². The molecule has 3 atom stereocenters. The highest BCUT2D eigenvalue weighted by Crippen LogP contribution is 2.12. The van der Waals surface area contributed by atoms with Crippen molar-refractivity contribution < 1.29 is 4.79 Å². The predicted molar refractivity (Wildman–Crippen MR) is 101 cm³/mol. The van der Waals surface area contributed by atoms with Crippen molar-refractivity contribution >= 4 is 18.5 Å². The molecule has 4 N–H and O–H groups in total. The van der Waals surface area contributed by atoms with Gasteiger partial charge in [-0.25, -0.2) is 0 Å². The molecule has 23 heavy (non-hydrogen) atoms. The summed E-state index contributed by atoms with van der Waals surface area (Å²) < 4.78 is 0. The third kappa shape index (κ3) is 6.53. The van der Waals surface area contributed by atoms with Gasteiger partial charge in [-0.3, -0.25) is 4.79 Å². The first-order valence-electron chi connectivity index (χ1n) is 8.32. The van der Waals surface area contributed by atoms with Crippen LogP contribution < -0.4 is 16.4 Å². The molecular weight excluding hydrogens is 306 g/mol. The van der Waals surface area contributed by atoms with Crippen molar-refractivity contribution in [1.29, 1.82) is 0 Å². The molecule has 0 aliphatic rings. The van der Waals surface area contributed by atoms with Crippen molar-refractivity contribution in [3.05, 3.63) is 34.9 Å². The zero-order valence-electron chi connectivity index (χ0n) is 14.7. The predicted octanol–water partition coefficient (Wildman–Crippen LogP) is 2.18. The summed E-state index contributed by atoms with van der Waals surface area (Å²) in [6.07, 6.45) is 0.935. The highest BCUT2D eigenvalue weighted by Gasteiger charge is 2.23. The standard InChI is InChI=1S/C18H31N3OS/c1-5-13(3)17(20-10-16(19)11-23)18(22)21-9-15-7-6-12(2)8-14(15)4/h6-8,13,16-17,20,23H,5,9-11,19H2,1-4H3,(H,21,22)/t13-,16?,17+/m0/s1. The fraction of sp³-hybridized carbons (Fsp3) is 0.611. The summed E-state index contributed by atoms with van der Waals surface area (Å²) in [5, 5.41) is 6.35. The third-order valence-electron chi connectivity index (χ3n) is 4.28. The van der Waals surface area contributed by atoms with Crippen LogP contribution in [0.2, 0.25) is 0 Å². The zero-order chi connectivity index (χ0) is 17.4. The Morgan fingerprint density at radius 3 is 2.61 bits per heavy atom. The lowest BCUT2D eigenvalue weighted by atomic mass is 9.97. The topological polar surface area (TPSA) is 67.1 Å². The maximum absolute atomic E-state index is 12.6. The highest BCUT2D eigenvalue weighted by molar-refractivity contribution is 7.80. The maximum atomic E-state index is 12.6. The Balaban J connectivity index is 2.65. The van der Waals surface area contributed by atoms with Gasteiger partial charge in [-0.05, 0) is 30.9 Å². The maximum Gasteiger partial charge on any atom is 0.237 e. The molecule has 1 unspecified atom stereocenters. The number of hydrogen-bond donors (Lipinski definition) is 4. The monoisotopic (exact) mass is 337 g/mol. The molecular formula is C18H31N3OS. The number of carbonyl (C=O) groups is 1. The largest absolute Gasteiger partial charge is 0.351 e. The van der Waals surface area contributed by atoms with Crippen LogP contribution in [-0.4, -0.2) is 30.3 Å². The lowest BCUT2D eigenvalue weighted by Gasteiger charge is -2.25. The number of benzene rings is 1. The van der Waals surface area contributed by atoms with E-state index in [1.165, 1.54) is 11.1 Å². The van der Waals surface area contributed by atoms with E-state index in [1.807, 2.05) is 0 Å². The molecule has 5 heteroatoms. The SMILES string of the molecule is CC[C@H](C)[C@@H](NCC(N)CS)C(=O)NCc1ccc(C)cc1C. The normalized spacial score (nSPS) is 15.0. The molecule has 0 saturated heterocycles. The molecule has 1 amide bonds. The molecule has 0 heterocycles. The van der Waals surface area contributed by atoms with E-state index in [1.54, 1.807) is 0 Å². The smallest absolute Gasteiger partial charge is 0.237 e. The number of hydrogen-bond acceptors (Lipinski definition) is 4. The number of nitrogens with one attached hydrogen (secondary N) is 2. The van der Waals surface area contributed by atoms with Gasteiger partial charge in [0, 0.05) is 24.9 Å². The van der Waals surface area contributed by atoms with Gasteiger partial charge in [-0.1, -0.05) is 44.0 Å². The second-order valence-electron chi connectivity index (χ2n) is 6.36. The quantitative estimate of drug-likeness (QED) is 0.522. The second kappa shape index (κ2) is 9.96. The van der Waals surface area contributed by atoms with E-state index in [0.29, 0.717) is 18.8 Å². The van der Waals surface area contributed by atoms with Crippen LogP contribution in [0.3, 0.4) is 0 Å². The minimum atomic E-state index is -0.225. The molecule has 4 nitrogen and oxygen atoms in total. The number of carbonyl (C=O) groups excluding carboxylic acids is 1. The van der Waals surface area contributed by atoms with Crippen LogP contribution in [0.4, 0.5) is 0 Å². The van der Waals surface area contributed by atoms with Gasteiger partial charge in [-0.2, -0.15) is 12.6 Å². The molecule has 130 valence electrons. The number of aryl methyl sites for hydroxylation is 2. The van der Waals surface area contributed by atoms with Crippen LogP contribution in [0.5, 0.6) is 0 Å². The summed E-state index contributed by atoms with van der Waals surface area (Å²) in [6.45, 7) is 9.47. The summed E-state index contributed by atoms with van der Waals surface area (Å²) >= 11 is 4.19. The van der Waals surface area contributed by atoms with Crippen LogP contribution in [0.25, 0.3) is 0 Å². The molecule has 0 fully saturated rings. The fourth-order valence-corrected chi connectivity index (χ4v) is 2.60. The Bertz CT molecular complexity index is 507. The summed E-state index contributed by atoms with van der Waals surface area (Å²) in [6, 6.07) is 6.02. The van der Waals surface area contributed by atoms with E-state index in [4.69, 9.17) is 5.73 Å². The summed E-state index contributed by atoms with van der Waals surface area (Å²) in [4.78, 5) is 12.6.